The zero-order valence-corrected chi connectivity index (χ0v) is 9.48. The number of hydrogen-bond acceptors (Lipinski definition) is 5. The summed E-state index contributed by atoms with van der Waals surface area (Å²) in [5, 5.41) is 15.3. The molecular formula is C11H11N5O2. The highest BCUT2D eigenvalue weighted by Gasteiger charge is 2.27. The van der Waals surface area contributed by atoms with Crippen molar-refractivity contribution in [1.29, 1.82) is 0 Å². The molecule has 0 atom stereocenters. The van der Waals surface area contributed by atoms with E-state index in [1.54, 1.807) is 6.20 Å². The molecule has 2 N–H and O–H groups in total. The van der Waals surface area contributed by atoms with Crippen molar-refractivity contribution in [2.75, 3.05) is 5.73 Å². The predicted octanol–water partition coefficient (Wildman–Crippen LogP) is 1.64. The maximum absolute atomic E-state index is 10.9. The summed E-state index contributed by atoms with van der Waals surface area (Å²) in [5.41, 5.74) is 6.42. The molecule has 3 rings (SSSR count). The third kappa shape index (κ3) is 1.79. The van der Waals surface area contributed by atoms with E-state index in [0.29, 0.717) is 5.92 Å². The highest BCUT2D eigenvalue weighted by molar-refractivity contribution is 5.51. The lowest BCUT2D eigenvalue weighted by atomic mass is 10.3. The van der Waals surface area contributed by atoms with Gasteiger partial charge in [-0.1, -0.05) is 0 Å². The van der Waals surface area contributed by atoms with Gasteiger partial charge in [-0.05, 0) is 25.0 Å². The highest BCUT2D eigenvalue weighted by Crippen LogP contribution is 2.39. The van der Waals surface area contributed by atoms with Crippen molar-refractivity contribution in [3.05, 3.63) is 40.2 Å². The van der Waals surface area contributed by atoms with E-state index >= 15 is 0 Å². The summed E-state index contributed by atoms with van der Waals surface area (Å²) in [6, 6.07) is 4.62. The Kier molecular flexibility index (Phi) is 2.26. The van der Waals surface area contributed by atoms with Crippen LogP contribution in [0.15, 0.2) is 24.4 Å². The van der Waals surface area contributed by atoms with Crippen LogP contribution in [0.2, 0.25) is 0 Å². The van der Waals surface area contributed by atoms with Gasteiger partial charge in [0, 0.05) is 18.2 Å². The SMILES string of the molecule is Nc1ccc([N+](=O)[O-])c(-n2ccc(C3CC3)n2)n1. The van der Waals surface area contributed by atoms with Crippen molar-refractivity contribution in [3.63, 3.8) is 0 Å². The minimum absolute atomic E-state index is 0.102. The predicted molar refractivity (Wildman–Crippen MR) is 64.4 cm³/mol. The molecule has 0 aromatic carbocycles. The molecule has 2 aromatic heterocycles. The van der Waals surface area contributed by atoms with Gasteiger partial charge >= 0.3 is 5.69 Å². The highest BCUT2D eigenvalue weighted by atomic mass is 16.6. The van der Waals surface area contributed by atoms with Crippen molar-refractivity contribution >= 4 is 11.5 Å². The largest absolute Gasteiger partial charge is 0.384 e. The average molecular weight is 245 g/mol. The van der Waals surface area contributed by atoms with Crippen LogP contribution in [0.25, 0.3) is 5.82 Å². The summed E-state index contributed by atoms with van der Waals surface area (Å²) in [4.78, 5) is 14.5. The fourth-order valence-electron chi connectivity index (χ4n) is 1.82. The molecular weight excluding hydrogens is 234 g/mol. The van der Waals surface area contributed by atoms with E-state index in [1.165, 1.54) is 16.8 Å². The van der Waals surface area contributed by atoms with E-state index in [0.717, 1.165) is 18.5 Å². The molecule has 2 aromatic rings. The lowest BCUT2D eigenvalue weighted by Crippen LogP contribution is -2.05. The Balaban J connectivity index is 2.07. The van der Waals surface area contributed by atoms with Gasteiger partial charge in [-0.3, -0.25) is 10.1 Å². The minimum Gasteiger partial charge on any atom is -0.384 e. The van der Waals surface area contributed by atoms with Crippen molar-refractivity contribution in [2.24, 2.45) is 0 Å². The zero-order chi connectivity index (χ0) is 12.7. The van der Waals surface area contributed by atoms with Gasteiger partial charge < -0.3 is 5.73 Å². The van der Waals surface area contributed by atoms with Gasteiger partial charge in [-0.15, -0.1) is 0 Å². The van der Waals surface area contributed by atoms with Crippen LogP contribution in [-0.2, 0) is 0 Å². The number of nitrogens with two attached hydrogens (primary N) is 1. The van der Waals surface area contributed by atoms with Crippen LogP contribution in [-0.4, -0.2) is 19.7 Å². The maximum Gasteiger partial charge on any atom is 0.313 e. The van der Waals surface area contributed by atoms with Crippen LogP contribution in [0.3, 0.4) is 0 Å². The number of rotatable bonds is 3. The van der Waals surface area contributed by atoms with Crippen LogP contribution in [0.1, 0.15) is 24.5 Å². The molecule has 0 saturated heterocycles. The number of anilines is 1. The maximum atomic E-state index is 10.9. The first-order valence-corrected chi connectivity index (χ1v) is 5.62. The number of aromatic nitrogens is 3. The molecule has 92 valence electrons. The first kappa shape index (κ1) is 10.7. The Morgan fingerprint density at radius 2 is 2.17 bits per heavy atom. The molecule has 2 heterocycles. The van der Waals surface area contributed by atoms with Gasteiger partial charge in [-0.25, -0.2) is 9.67 Å². The lowest BCUT2D eigenvalue weighted by Gasteiger charge is -2.02. The summed E-state index contributed by atoms with van der Waals surface area (Å²) >= 11 is 0. The Morgan fingerprint density at radius 1 is 1.39 bits per heavy atom. The normalized spacial score (nSPS) is 14.7. The van der Waals surface area contributed by atoms with Gasteiger partial charge in [0.1, 0.15) is 5.82 Å². The van der Waals surface area contributed by atoms with Gasteiger partial charge in [-0.2, -0.15) is 5.10 Å². The smallest absolute Gasteiger partial charge is 0.313 e. The topological polar surface area (TPSA) is 99.9 Å². The number of nitrogens with zero attached hydrogens (tertiary/aromatic N) is 4. The van der Waals surface area contributed by atoms with E-state index in [-0.39, 0.29) is 17.3 Å². The molecule has 1 aliphatic carbocycles. The number of nitrogen functional groups attached to an aromatic ring is 1. The zero-order valence-electron chi connectivity index (χ0n) is 9.48. The van der Waals surface area contributed by atoms with Gasteiger partial charge in [0.2, 0.25) is 5.82 Å². The first-order valence-electron chi connectivity index (χ1n) is 5.62. The van der Waals surface area contributed by atoms with Gasteiger partial charge in [0.25, 0.3) is 0 Å². The lowest BCUT2D eigenvalue weighted by molar-refractivity contribution is -0.384. The fourth-order valence-corrected chi connectivity index (χ4v) is 1.82. The van der Waals surface area contributed by atoms with Gasteiger partial charge in [0.05, 0.1) is 10.6 Å². The summed E-state index contributed by atoms with van der Waals surface area (Å²) in [7, 11) is 0. The first-order chi connectivity index (χ1) is 8.65. The van der Waals surface area contributed by atoms with Crippen LogP contribution in [0.5, 0.6) is 0 Å². The minimum atomic E-state index is -0.486. The van der Waals surface area contributed by atoms with E-state index in [2.05, 4.69) is 10.1 Å². The van der Waals surface area contributed by atoms with E-state index in [9.17, 15) is 10.1 Å². The molecule has 0 bridgehead atoms. The summed E-state index contributed by atoms with van der Waals surface area (Å²) < 4.78 is 1.42. The molecule has 0 unspecified atom stereocenters. The molecule has 7 heteroatoms. The quantitative estimate of drug-likeness (QED) is 0.654. The average Bonchev–Trinajstić information content (AvgIpc) is 3.07. The second kappa shape index (κ2) is 3.80. The molecule has 0 aliphatic heterocycles. The van der Waals surface area contributed by atoms with Crippen LogP contribution < -0.4 is 5.73 Å². The summed E-state index contributed by atoms with van der Waals surface area (Å²) in [5.74, 6) is 0.886. The molecule has 1 fully saturated rings. The van der Waals surface area contributed by atoms with Crippen LogP contribution in [0, 0.1) is 10.1 Å². The second-order valence-corrected chi connectivity index (χ2v) is 4.30. The van der Waals surface area contributed by atoms with E-state index in [4.69, 9.17) is 5.73 Å². The molecule has 7 nitrogen and oxygen atoms in total. The monoisotopic (exact) mass is 245 g/mol. The summed E-state index contributed by atoms with van der Waals surface area (Å²) in [6.07, 6.45) is 3.94. The standard InChI is InChI=1S/C11H11N5O2/c12-10-4-3-9(16(17)18)11(13-10)15-6-5-8(14-15)7-1-2-7/h3-7H,1-2H2,(H2,12,13). The molecule has 0 spiro atoms. The molecule has 0 radical (unpaired) electrons. The van der Waals surface area contributed by atoms with Crippen molar-refractivity contribution in [1.82, 2.24) is 14.8 Å². The van der Waals surface area contributed by atoms with Crippen molar-refractivity contribution in [3.8, 4) is 5.82 Å². The Hall–Kier alpha value is -2.44. The number of pyridine rings is 1. The third-order valence-corrected chi connectivity index (χ3v) is 2.90. The second-order valence-electron chi connectivity index (χ2n) is 4.30. The fraction of sp³-hybridized carbons (Fsp3) is 0.273. The number of nitro groups is 1. The van der Waals surface area contributed by atoms with Crippen molar-refractivity contribution < 1.29 is 4.92 Å². The third-order valence-electron chi connectivity index (χ3n) is 2.90. The van der Waals surface area contributed by atoms with Crippen molar-refractivity contribution in [2.45, 2.75) is 18.8 Å². The van der Waals surface area contributed by atoms with Crippen LogP contribution in [0.4, 0.5) is 11.5 Å². The molecule has 18 heavy (non-hydrogen) atoms. The Labute approximate surface area is 102 Å². The Morgan fingerprint density at radius 3 is 2.83 bits per heavy atom. The van der Waals surface area contributed by atoms with E-state index in [1.807, 2.05) is 6.07 Å². The number of hydrogen-bond donors (Lipinski definition) is 1. The Bertz CT molecular complexity index is 618. The molecule has 1 saturated carbocycles. The van der Waals surface area contributed by atoms with E-state index < -0.39 is 4.92 Å². The van der Waals surface area contributed by atoms with Crippen LogP contribution >= 0.6 is 0 Å². The molecule has 0 amide bonds. The van der Waals surface area contributed by atoms with Gasteiger partial charge in [0.15, 0.2) is 0 Å². The molecule has 1 aliphatic rings. The summed E-state index contributed by atoms with van der Waals surface area (Å²) in [6.45, 7) is 0.